The standard InChI is InChI=1S/C23H34O4/c1-13-11-18-14(2)19(25)8-10-23(18,12-27-15(3)24)17-7-9-22(4)16(21(13)17)5-6-20(22)26/h13,16-17,20-21,26H,5-12H2,1-4H3/t13?,16-,17+,20?,21-,22-,23-/m0/s1. The number of carbonyl (C=O) groups is 2. The molecular weight excluding hydrogens is 340 g/mol. The summed E-state index contributed by atoms with van der Waals surface area (Å²) in [6.07, 6.45) is 6.23. The van der Waals surface area contributed by atoms with E-state index in [2.05, 4.69) is 13.8 Å². The SMILES string of the molecule is CC(=O)OC[C@]12CCC(=O)C(C)=C1CC(C)[C@@H]1[C@H]2CC[C@]2(C)C(O)CC[C@@H]12. The molecule has 7 atom stereocenters. The van der Waals surface area contributed by atoms with Crippen LogP contribution in [0, 0.1) is 34.5 Å². The van der Waals surface area contributed by atoms with Crippen LogP contribution >= 0.6 is 0 Å². The maximum absolute atomic E-state index is 12.5. The Kier molecular flexibility index (Phi) is 4.57. The summed E-state index contributed by atoms with van der Waals surface area (Å²) >= 11 is 0. The van der Waals surface area contributed by atoms with E-state index in [1.165, 1.54) is 12.5 Å². The van der Waals surface area contributed by atoms with Gasteiger partial charge in [0.2, 0.25) is 0 Å². The maximum Gasteiger partial charge on any atom is 0.302 e. The summed E-state index contributed by atoms with van der Waals surface area (Å²) in [5, 5.41) is 10.7. The lowest BCUT2D eigenvalue weighted by molar-refractivity contribution is -0.153. The van der Waals surface area contributed by atoms with Crippen LogP contribution in [0.25, 0.3) is 0 Å². The van der Waals surface area contributed by atoms with Gasteiger partial charge in [-0.25, -0.2) is 0 Å². The fourth-order valence-electron chi connectivity index (χ4n) is 7.54. The van der Waals surface area contributed by atoms with E-state index >= 15 is 0 Å². The van der Waals surface area contributed by atoms with Crippen LogP contribution in [0.4, 0.5) is 0 Å². The van der Waals surface area contributed by atoms with E-state index in [0.717, 1.165) is 44.1 Å². The van der Waals surface area contributed by atoms with Crippen molar-refractivity contribution in [2.45, 2.75) is 78.7 Å². The summed E-state index contributed by atoms with van der Waals surface area (Å²) in [7, 11) is 0. The number of fused-ring (bicyclic) bond motifs is 5. The van der Waals surface area contributed by atoms with Crippen LogP contribution in [-0.2, 0) is 14.3 Å². The molecule has 27 heavy (non-hydrogen) atoms. The Morgan fingerprint density at radius 1 is 1.22 bits per heavy atom. The van der Waals surface area contributed by atoms with Crippen molar-refractivity contribution in [2.75, 3.05) is 6.61 Å². The number of carbonyl (C=O) groups excluding carboxylic acids is 2. The summed E-state index contributed by atoms with van der Waals surface area (Å²) < 4.78 is 5.63. The highest BCUT2D eigenvalue weighted by molar-refractivity contribution is 5.96. The van der Waals surface area contributed by atoms with Crippen molar-refractivity contribution < 1.29 is 19.4 Å². The topological polar surface area (TPSA) is 63.6 Å². The van der Waals surface area contributed by atoms with Gasteiger partial charge in [-0.3, -0.25) is 9.59 Å². The fourth-order valence-corrected chi connectivity index (χ4v) is 7.54. The smallest absolute Gasteiger partial charge is 0.302 e. The third kappa shape index (κ3) is 2.66. The number of aliphatic hydroxyl groups is 1. The first-order chi connectivity index (χ1) is 12.7. The molecule has 0 heterocycles. The van der Waals surface area contributed by atoms with E-state index in [1.807, 2.05) is 6.92 Å². The van der Waals surface area contributed by atoms with Crippen molar-refractivity contribution in [1.82, 2.24) is 0 Å². The monoisotopic (exact) mass is 374 g/mol. The molecule has 4 nitrogen and oxygen atoms in total. The molecule has 0 amide bonds. The van der Waals surface area contributed by atoms with Gasteiger partial charge in [0, 0.05) is 18.8 Å². The van der Waals surface area contributed by atoms with Crippen molar-refractivity contribution in [3.05, 3.63) is 11.1 Å². The van der Waals surface area contributed by atoms with Crippen molar-refractivity contribution in [2.24, 2.45) is 34.5 Å². The number of ketones is 1. The van der Waals surface area contributed by atoms with E-state index in [-0.39, 0.29) is 28.7 Å². The summed E-state index contributed by atoms with van der Waals surface area (Å²) in [6, 6.07) is 0. The molecule has 0 aromatic carbocycles. The minimum absolute atomic E-state index is 0.0266. The van der Waals surface area contributed by atoms with Gasteiger partial charge in [0.25, 0.3) is 0 Å². The second kappa shape index (κ2) is 6.43. The van der Waals surface area contributed by atoms with Gasteiger partial charge in [-0.15, -0.1) is 0 Å². The highest BCUT2D eigenvalue weighted by atomic mass is 16.5. The van der Waals surface area contributed by atoms with E-state index in [0.29, 0.717) is 36.7 Å². The van der Waals surface area contributed by atoms with Crippen LogP contribution in [0.2, 0.25) is 0 Å². The van der Waals surface area contributed by atoms with Crippen molar-refractivity contribution in [3.63, 3.8) is 0 Å². The van der Waals surface area contributed by atoms with Gasteiger partial charge >= 0.3 is 5.97 Å². The molecule has 4 aliphatic carbocycles. The molecule has 2 unspecified atom stereocenters. The second-order valence-corrected chi connectivity index (χ2v) is 10.1. The van der Waals surface area contributed by atoms with Gasteiger partial charge in [0.15, 0.2) is 5.78 Å². The zero-order chi connectivity index (χ0) is 19.6. The third-order valence-corrected chi connectivity index (χ3v) is 8.98. The summed E-state index contributed by atoms with van der Waals surface area (Å²) in [6.45, 7) is 8.51. The van der Waals surface area contributed by atoms with E-state index in [1.54, 1.807) is 0 Å². The number of hydrogen-bond donors (Lipinski definition) is 1. The Morgan fingerprint density at radius 2 is 1.96 bits per heavy atom. The lowest BCUT2D eigenvalue weighted by atomic mass is 9.44. The molecule has 0 bridgehead atoms. The second-order valence-electron chi connectivity index (χ2n) is 10.1. The summed E-state index contributed by atoms with van der Waals surface area (Å²) in [5.41, 5.74) is 2.06. The summed E-state index contributed by atoms with van der Waals surface area (Å²) in [5.74, 6) is 2.07. The van der Waals surface area contributed by atoms with Crippen LogP contribution in [0.3, 0.4) is 0 Å². The van der Waals surface area contributed by atoms with Crippen molar-refractivity contribution in [3.8, 4) is 0 Å². The quantitative estimate of drug-likeness (QED) is 0.741. The molecule has 1 N–H and O–H groups in total. The van der Waals surface area contributed by atoms with Gasteiger partial charge in [-0.1, -0.05) is 19.4 Å². The zero-order valence-corrected chi connectivity index (χ0v) is 17.2. The molecule has 0 aromatic rings. The number of rotatable bonds is 2. The molecular formula is C23H34O4. The first-order valence-corrected chi connectivity index (χ1v) is 10.8. The van der Waals surface area contributed by atoms with Crippen LogP contribution in [-0.4, -0.2) is 29.6 Å². The number of esters is 1. The molecule has 4 heteroatoms. The predicted molar refractivity (Wildman–Crippen MR) is 103 cm³/mol. The Labute approximate surface area is 162 Å². The summed E-state index contributed by atoms with van der Waals surface area (Å²) in [4.78, 5) is 24.1. The molecule has 3 fully saturated rings. The van der Waals surface area contributed by atoms with E-state index in [9.17, 15) is 14.7 Å². The Morgan fingerprint density at radius 3 is 2.67 bits per heavy atom. The average Bonchev–Trinajstić information content (AvgIpc) is 2.93. The zero-order valence-electron chi connectivity index (χ0n) is 17.2. The van der Waals surface area contributed by atoms with Crippen molar-refractivity contribution in [1.29, 1.82) is 0 Å². The normalized spacial score (nSPS) is 46.6. The molecule has 0 aliphatic heterocycles. The van der Waals surface area contributed by atoms with Gasteiger partial charge in [0.1, 0.15) is 6.61 Å². The lowest BCUT2D eigenvalue weighted by Gasteiger charge is -2.60. The predicted octanol–water partition coefficient (Wildman–Crippen LogP) is 4.06. The number of ether oxygens (including phenoxy) is 1. The molecule has 0 aromatic heterocycles. The number of hydrogen-bond acceptors (Lipinski definition) is 4. The molecule has 0 spiro atoms. The Hall–Kier alpha value is -1.16. The van der Waals surface area contributed by atoms with Crippen LogP contribution in [0.1, 0.15) is 72.6 Å². The van der Waals surface area contributed by atoms with Gasteiger partial charge in [-0.05, 0) is 80.1 Å². The van der Waals surface area contributed by atoms with Gasteiger partial charge in [0.05, 0.1) is 6.10 Å². The number of aliphatic hydroxyl groups excluding tert-OH is 1. The molecule has 0 saturated heterocycles. The highest BCUT2D eigenvalue weighted by Crippen LogP contribution is 2.67. The fraction of sp³-hybridized carbons (Fsp3) is 0.826. The molecule has 3 saturated carbocycles. The van der Waals surface area contributed by atoms with Crippen molar-refractivity contribution >= 4 is 11.8 Å². The third-order valence-electron chi connectivity index (χ3n) is 8.98. The Balaban J connectivity index is 1.78. The molecule has 4 rings (SSSR count). The first-order valence-electron chi connectivity index (χ1n) is 10.8. The minimum Gasteiger partial charge on any atom is -0.465 e. The van der Waals surface area contributed by atoms with Gasteiger partial charge in [-0.2, -0.15) is 0 Å². The van der Waals surface area contributed by atoms with Crippen LogP contribution < -0.4 is 0 Å². The van der Waals surface area contributed by atoms with Crippen LogP contribution in [0.5, 0.6) is 0 Å². The van der Waals surface area contributed by atoms with Crippen LogP contribution in [0.15, 0.2) is 11.1 Å². The average molecular weight is 375 g/mol. The largest absolute Gasteiger partial charge is 0.465 e. The maximum atomic E-state index is 12.5. The molecule has 4 aliphatic rings. The van der Waals surface area contributed by atoms with E-state index < -0.39 is 0 Å². The van der Waals surface area contributed by atoms with E-state index in [4.69, 9.17) is 4.74 Å². The lowest BCUT2D eigenvalue weighted by Crippen LogP contribution is -2.56. The molecule has 0 radical (unpaired) electrons. The Bertz CT molecular complexity index is 694. The number of Topliss-reactive ketones (excluding diaryl/α,β-unsaturated/α-hetero) is 1. The highest BCUT2D eigenvalue weighted by Gasteiger charge is 2.62. The molecule has 150 valence electrons. The first kappa shape index (κ1) is 19.2. The van der Waals surface area contributed by atoms with Gasteiger partial charge < -0.3 is 9.84 Å². The minimum atomic E-state index is -0.231.